The Labute approximate surface area is 91.6 Å². The molecule has 0 spiro atoms. The number of hydrogen-bond donors (Lipinski definition) is 1. The van der Waals surface area contributed by atoms with Gasteiger partial charge in [0, 0.05) is 29.2 Å². The summed E-state index contributed by atoms with van der Waals surface area (Å²) in [5.74, 6) is -0.0644. The van der Waals surface area contributed by atoms with E-state index in [1.165, 1.54) is 0 Å². The van der Waals surface area contributed by atoms with Gasteiger partial charge < -0.3 is 5.73 Å². The zero-order valence-electron chi connectivity index (χ0n) is 7.64. The number of nitrogens with zero attached hydrogens (tertiary/aromatic N) is 1. The molecule has 0 saturated heterocycles. The highest BCUT2D eigenvalue weighted by Gasteiger charge is 2.13. The number of hydrogen-bond acceptors (Lipinski definition) is 4. The molecule has 0 bridgehead atoms. The first-order valence-electron chi connectivity index (χ1n) is 3.92. The van der Waals surface area contributed by atoms with Crippen LogP contribution in [-0.4, -0.2) is 25.4 Å². The molecule has 1 aromatic rings. The average molecular weight is 279 g/mol. The van der Waals surface area contributed by atoms with Crippen molar-refractivity contribution in [3.05, 3.63) is 28.5 Å². The van der Waals surface area contributed by atoms with E-state index >= 15 is 0 Å². The fourth-order valence-electron chi connectivity index (χ4n) is 1.05. The molecule has 1 atom stereocenters. The van der Waals surface area contributed by atoms with Crippen molar-refractivity contribution in [2.45, 2.75) is 6.04 Å². The lowest BCUT2D eigenvalue weighted by Crippen LogP contribution is -2.20. The Morgan fingerprint density at radius 1 is 1.57 bits per heavy atom. The lowest BCUT2D eigenvalue weighted by atomic mass is 10.2. The lowest BCUT2D eigenvalue weighted by Gasteiger charge is -2.09. The van der Waals surface area contributed by atoms with Crippen LogP contribution in [0.25, 0.3) is 0 Å². The van der Waals surface area contributed by atoms with E-state index in [1.54, 1.807) is 18.5 Å². The van der Waals surface area contributed by atoms with Gasteiger partial charge in [0.25, 0.3) is 0 Å². The minimum atomic E-state index is -3.05. The molecule has 1 aromatic heterocycles. The molecule has 0 radical (unpaired) electrons. The number of sulfone groups is 1. The van der Waals surface area contributed by atoms with Crippen molar-refractivity contribution in [1.29, 1.82) is 0 Å². The summed E-state index contributed by atoms with van der Waals surface area (Å²) in [6.07, 6.45) is 4.36. The van der Waals surface area contributed by atoms with E-state index in [0.29, 0.717) is 5.56 Å². The Balaban J connectivity index is 2.85. The van der Waals surface area contributed by atoms with E-state index in [1.807, 2.05) is 0 Å². The molecular formula is C8H11BrN2O2S. The molecule has 78 valence electrons. The van der Waals surface area contributed by atoms with E-state index in [2.05, 4.69) is 20.9 Å². The van der Waals surface area contributed by atoms with Crippen LogP contribution in [0.15, 0.2) is 22.9 Å². The summed E-state index contributed by atoms with van der Waals surface area (Å²) in [5.41, 5.74) is 6.42. The van der Waals surface area contributed by atoms with Gasteiger partial charge in [0.1, 0.15) is 9.84 Å². The molecule has 0 fully saturated rings. The predicted molar refractivity (Wildman–Crippen MR) is 58.6 cm³/mol. The predicted octanol–water partition coefficient (Wildman–Crippen LogP) is 0.888. The third-order valence-electron chi connectivity index (χ3n) is 1.64. The van der Waals surface area contributed by atoms with Crippen LogP contribution in [-0.2, 0) is 9.84 Å². The highest BCUT2D eigenvalue weighted by molar-refractivity contribution is 9.10. The number of nitrogens with two attached hydrogens (primary N) is 1. The zero-order chi connectivity index (χ0) is 10.8. The van der Waals surface area contributed by atoms with Crippen molar-refractivity contribution in [3.8, 4) is 0 Å². The molecule has 0 aromatic carbocycles. The minimum Gasteiger partial charge on any atom is -0.323 e. The Morgan fingerprint density at radius 3 is 2.71 bits per heavy atom. The van der Waals surface area contributed by atoms with Crippen molar-refractivity contribution in [2.75, 3.05) is 12.0 Å². The molecule has 0 amide bonds. The van der Waals surface area contributed by atoms with Crippen LogP contribution >= 0.6 is 15.9 Å². The molecule has 0 aliphatic rings. The molecule has 1 heterocycles. The second kappa shape index (κ2) is 4.37. The van der Waals surface area contributed by atoms with E-state index in [0.717, 1.165) is 10.7 Å². The van der Waals surface area contributed by atoms with Crippen LogP contribution in [0.3, 0.4) is 0 Å². The first kappa shape index (κ1) is 11.6. The number of halogens is 1. The van der Waals surface area contributed by atoms with Gasteiger partial charge >= 0.3 is 0 Å². The van der Waals surface area contributed by atoms with Crippen LogP contribution in [0.2, 0.25) is 0 Å². The van der Waals surface area contributed by atoms with Gasteiger partial charge in [-0.25, -0.2) is 8.42 Å². The summed E-state index contributed by atoms with van der Waals surface area (Å²) < 4.78 is 22.8. The van der Waals surface area contributed by atoms with Crippen molar-refractivity contribution < 1.29 is 8.42 Å². The Hall–Kier alpha value is -0.460. The van der Waals surface area contributed by atoms with E-state index < -0.39 is 15.9 Å². The normalized spacial score (nSPS) is 13.9. The smallest absolute Gasteiger partial charge is 0.149 e. The monoisotopic (exact) mass is 278 g/mol. The van der Waals surface area contributed by atoms with E-state index in [4.69, 9.17) is 5.73 Å². The summed E-state index contributed by atoms with van der Waals surface area (Å²) in [5, 5.41) is 0. The van der Waals surface area contributed by atoms with Crippen LogP contribution in [0.5, 0.6) is 0 Å². The maximum atomic E-state index is 11.0. The molecule has 1 unspecified atom stereocenters. The summed E-state index contributed by atoms with van der Waals surface area (Å²) in [6, 6.07) is 1.25. The SMILES string of the molecule is CS(=O)(=O)CC(N)c1cncc(Br)c1. The molecule has 14 heavy (non-hydrogen) atoms. The topological polar surface area (TPSA) is 73.0 Å². The average Bonchev–Trinajstić information content (AvgIpc) is 2.01. The zero-order valence-corrected chi connectivity index (χ0v) is 10.0. The van der Waals surface area contributed by atoms with E-state index in [9.17, 15) is 8.42 Å². The molecule has 4 nitrogen and oxygen atoms in total. The van der Waals surface area contributed by atoms with Gasteiger partial charge in [-0.3, -0.25) is 4.98 Å². The molecular weight excluding hydrogens is 268 g/mol. The number of rotatable bonds is 3. The van der Waals surface area contributed by atoms with Crippen LogP contribution in [0.4, 0.5) is 0 Å². The van der Waals surface area contributed by atoms with Gasteiger partial charge in [-0.05, 0) is 27.6 Å². The second-order valence-corrected chi connectivity index (χ2v) is 6.24. The largest absolute Gasteiger partial charge is 0.323 e. The highest BCUT2D eigenvalue weighted by Crippen LogP contribution is 2.15. The molecule has 1 rings (SSSR count). The maximum Gasteiger partial charge on any atom is 0.149 e. The molecule has 0 saturated carbocycles. The number of aromatic nitrogens is 1. The number of pyridine rings is 1. The van der Waals surface area contributed by atoms with Crippen LogP contribution in [0.1, 0.15) is 11.6 Å². The first-order valence-corrected chi connectivity index (χ1v) is 6.77. The summed E-state index contributed by atoms with van der Waals surface area (Å²) in [4.78, 5) is 3.91. The minimum absolute atomic E-state index is 0.0644. The first-order chi connectivity index (χ1) is 6.38. The van der Waals surface area contributed by atoms with Gasteiger partial charge in [-0.15, -0.1) is 0 Å². The molecule has 0 aliphatic carbocycles. The summed E-state index contributed by atoms with van der Waals surface area (Å²) in [7, 11) is -3.05. The van der Waals surface area contributed by atoms with Crippen molar-refractivity contribution in [2.24, 2.45) is 5.73 Å². The van der Waals surface area contributed by atoms with Crippen molar-refractivity contribution in [3.63, 3.8) is 0 Å². The second-order valence-electron chi connectivity index (χ2n) is 3.14. The van der Waals surface area contributed by atoms with Gasteiger partial charge in [0.2, 0.25) is 0 Å². The maximum absolute atomic E-state index is 11.0. The molecule has 0 aliphatic heterocycles. The van der Waals surface area contributed by atoms with Crippen LogP contribution in [0, 0.1) is 0 Å². The third kappa shape index (κ3) is 3.73. The highest BCUT2D eigenvalue weighted by atomic mass is 79.9. The summed E-state index contributed by atoms with van der Waals surface area (Å²) in [6.45, 7) is 0. The lowest BCUT2D eigenvalue weighted by molar-refractivity contribution is 0.594. The van der Waals surface area contributed by atoms with Gasteiger partial charge in [-0.1, -0.05) is 0 Å². The van der Waals surface area contributed by atoms with Crippen molar-refractivity contribution in [1.82, 2.24) is 4.98 Å². The van der Waals surface area contributed by atoms with Crippen molar-refractivity contribution >= 4 is 25.8 Å². The van der Waals surface area contributed by atoms with Gasteiger partial charge in [0.05, 0.1) is 5.75 Å². The van der Waals surface area contributed by atoms with Gasteiger partial charge in [0.15, 0.2) is 0 Å². The van der Waals surface area contributed by atoms with Gasteiger partial charge in [-0.2, -0.15) is 0 Å². The van der Waals surface area contributed by atoms with Crippen LogP contribution < -0.4 is 5.73 Å². The standard InChI is InChI=1S/C8H11BrN2O2S/c1-14(12,13)5-8(10)6-2-7(9)4-11-3-6/h2-4,8H,5,10H2,1H3. The fourth-order valence-corrected chi connectivity index (χ4v) is 2.28. The third-order valence-corrected chi connectivity index (χ3v) is 3.03. The Morgan fingerprint density at radius 2 is 2.21 bits per heavy atom. The fraction of sp³-hybridized carbons (Fsp3) is 0.375. The Bertz CT molecular complexity index is 419. The Kier molecular flexibility index (Phi) is 3.63. The van der Waals surface area contributed by atoms with E-state index in [-0.39, 0.29) is 5.75 Å². The molecule has 2 N–H and O–H groups in total. The summed E-state index contributed by atoms with van der Waals surface area (Å²) >= 11 is 3.24. The quantitative estimate of drug-likeness (QED) is 0.891. The molecule has 6 heteroatoms.